The van der Waals surface area contributed by atoms with Crippen molar-refractivity contribution in [1.82, 2.24) is 4.72 Å². The number of aliphatic imine (C=N–C) groups is 1. The van der Waals surface area contributed by atoms with E-state index in [1.807, 2.05) is 0 Å². The number of nitrogens with two attached hydrogens (primary N) is 2. The van der Waals surface area contributed by atoms with Crippen molar-refractivity contribution in [2.75, 3.05) is 6.54 Å². The lowest BCUT2D eigenvalue weighted by atomic mass is 10.4. The van der Waals surface area contributed by atoms with Crippen LogP contribution >= 0.6 is 25.0 Å². The molecule has 0 unspecified atom stereocenters. The summed E-state index contributed by atoms with van der Waals surface area (Å²) in [5, 5.41) is 11.8. The van der Waals surface area contributed by atoms with Crippen LogP contribution in [0.5, 0.6) is 0 Å². The highest BCUT2D eigenvalue weighted by atomic mass is 35.5. The van der Waals surface area contributed by atoms with Gasteiger partial charge in [0.05, 0.1) is 0 Å². The van der Waals surface area contributed by atoms with Crippen LogP contribution in [0.15, 0.2) is 4.99 Å². The van der Waals surface area contributed by atoms with Crippen molar-refractivity contribution >= 4 is 56.4 Å². The van der Waals surface area contributed by atoms with Crippen molar-refractivity contribution in [3.05, 3.63) is 0 Å². The summed E-state index contributed by atoms with van der Waals surface area (Å²) in [6.07, 6.45) is 0.109. The predicted octanol–water partition coefficient (Wildman–Crippen LogP) is -0.793. The molecule has 0 rings (SSSR count). The summed E-state index contributed by atoms with van der Waals surface area (Å²) in [6.45, 7) is 0.191. The van der Waals surface area contributed by atoms with Crippen molar-refractivity contribution < 1.29 is 34.6 Å². The standard InChI is InChI=1S/C4H11N5O2S2.CHF3O3S.ClH/c5-3(9-13(7,10)11)1-2-8-4(6)12;2-1(3,4)8(5,6)7;/h1-2H2,(H2,5,9)(H3,6,8,12)(H2,7,10,11);(H,5,6,7);1H. The first-order valence-electron chi connectivity index (χ1n) is 4.47. The minimum atomic E-state index is -5.84. The molecule has 0 saturated heterocycles. The lowest BCUT2D eigenvalue weighted by Gasteiger charge is -2.02. The number of nitrogens with one attached hydrogen (secondary N) is 2. The topological polar surface area (TPSA) is 189 Å². The van der Waals surface area contributed by atoms with Crippen LogP contribution in [0.1, 0.15) is 6.42 Å². The van der Waals surface area contributed by atoms with E-state index in [1.54, 1.807) is 4.72 Å². The third kappa shape index (κ3) is 17.2. The van der Waals surface area contributed by atoms with Crippen LogP contribution in [0.25, 0.3) is 0 Å². The van der Waals surface area contributed by atoms with Gasteiger partial charge in [0.15, 0.2) is 5.17 Å². The number of nitrogens with zero attached hydrogens (tertiary/aromatic N) is 1. The van der Waals surface area contributed by atoms with E-state index in [-0.39, 0.29) is 36.4 Å². The van der Waals surface area contributed by atoms with E-state index in [0.717, 1.165) is 0 Å². The van der Waals surface area contributed by atoms with Crippen molar-refractivity contribution in [2.24, 2.45) is 15.9 Å². The zero-order chi connectivity index (χ0) is 17.5. The second kappa shape index (κ2) is 10.1. The highest BCUT2D eigenvalue weighted by Crippen LogP contribution is 2.20. The molecule has 0 fully saturated rings. The Labute approximate surface area is 135 Å². The van der Waals surface area contributed by atoms with Crippen LogP contribution < -0.4 is 15.6 Å². The van der Waals surface area contributed by atoms with Crippen molar-refractivity contribution in [2.45, 2.75) is 11.9 Å². The van der Waals surface area contributed by atoms with Gasteiger partial charge in [-0.05, 0) is 0 Å². The van der Waals surface area contributed by atoms with Gasteiger partial charge in [0.25, 0.3) is 10.2 Å². The molecule has 17 heteroatoms. The molecule has 0 atom stereocenters. The third-order valence-corrected chi connectivity index (χ3v) is 2.45. The molecule has 0 aromatic carbocycles. The van der Waals surface area contributed by atoms with Crippen LogP contribution in [0.2, 0.25) is 0 Å². The maximum atomic E-state index is 10.7. The molecule has 22 heavy (non-hydrogen) atoms. The summed E-state index contributed by atoms with van der Waals surface area (Å²) >= 11 is 3.68. The summed E-state index contributed by atoms with van der Waals surface area (Å²) in [5.41, 5.74) is -0.448. The molecule has 0 heterocycles. The zero-order valence-electron chi connectivity index (χ0n) is 10.4. The Kier molecular flexibility index (Phi) is 11.9. The van der Waals surface area contributed by atoms with Gasteiger partial charge >= 0.3 is 15.6 Å². The van der Waals surface area contributed by atoms with Crippen LogP contribution in [-0.4, -0.2) is 44.4 Å². The molecular formula is C5H13ClF3N5O5S3. The molecule has 0 amide bonds. The molecule has 0 spiro atoms. The quantitative estimate of drug-likeness (QED) is 0.115. The lowest BCUT2D eigenvalue weighted by molar-refractivity contribution is -0.0510. The molecule has 0 aromatic heterocycles. The summed E-state index contributed by atoms with van der Waals surface area (Å²) < 4.78 is 80.1. The van der Waals surface area contributed by atoms with Gasteiger partial charge in [-0.3, -0.25) is 19.7 Å². The third-order valence-electron chi connectivity index (χ3n) is 1.19. The van der Waals surface area contributed by atoms with Gasteiger partial charge in [0, 0.05) is 13.0 Å². The molecule has 0 aliphatic heterocycles. The van der Waals surface area contributed by atoms with Gasteiger partial charge in [-0.15, -0.1) is 25.0 Å². The molecule has 7 N–H and O–H groups in total. The van der Waals surface area contributed by atoms with E-state index in [1.165, 1.54) is 0 Å². The number of rotatable bonds is 4. The maximum absolute atomic E-state index is 10.7. The zero-order valence-corrected chi connectivity index (χ0v) is 13.7. The van der Waals surface area contributed by atoms with Gasteiger partial charge < -0.3 is 5.73 Å². The van der Waals surface area contributed by atoms with Crippen LogP contribution in [0, 0.1) is 5.41 Å². The summed E-state index contributed by atoms with van der Waals surface area (Å²) in [5.74, 6) is -0.235. The Bertz CT molecular complexity index is 585. The fraction of sp³-hybridized carbons (Fsp3) is 0.600. The first-order chi connectivity index (χ1) is 9.06. The Morgan fingerprint density at radius 2 is 1.68 bits per heavy atom. The molecule has 0 radical (unpaired) electrons. The summed E-state index contributed by atoms with van der Waals surface area (Å²) in [6, 6.07) is 0. The first-order valence-corrected chi connectivity index (χ1v) is 7.90. The molecule has 134 valence electrons. The molecule has 0 aromatic rings. The van der Waals surface area contributed by atoms with E-state index in [4.69, 9.17) is 24.1 Å². The fourth-order valence-corrected chi connectivity index (χ4v) is 1.05. The van der Waals surface area contributed by atoms with Crippen LogP contribution in [0.4, 0.5) is 13.2 Å². The number of hydrogen-bond donors (Lipinski definition) is 6. The minimum Gasteiger partial charge on any atom is -0.379 e. The van der Waals surface area contributed by atoms with Crippen molar-refractivity contribution in [1.29, 1.82) is 5.41 Å². The van der Waals surface area contributed by atoms with Gasteiger partial charge in [-0.2, -0.15) is 30.0 Å². The normalized spacial score (nSPS) is 12.5. The molecular weight excluding hydrogens is 399 g/mol. The van der Waals surface area contributed by atoms with Gasteiger partial charge in [-0.25, -0.2) is 5.14 Å². The van der Waals surface area contributed by atoms with E-state index in [0.29, 0.717) is 0 Å². The highest BCUT2D eigenvalue weighted by molar-refractivity contribution is 7.96. The Balaban J connectivity index is -0.000000348. The van der Waals surface area contributed by atoms with E-state index < -0.39 is 25.8 Å². The second-order valence-electron chi connectivity index (χ2n) is 3.04. The molecule has 0 saturated carbocycles. The smallest absolute Gasteiger partial charge is 0.379 e. The average Bonchev–Trinajstić information content (AvgIpc) is 2.10. The fourth-order valence-electron chi connectivity index (χ4n) is 0.505. The molecule has 0 bridgehead atoms. The monoisotopic (exact) mass is 411 g/mol. The predicted molar refractivity (Wildman–Crippen MR) is 78.9 cm³/mol. The van der Waals surface area contributed by atoms with Crippen molar-refractivity contribution in [3.63, 3.8) is 0 Å². The van der Waals surface area contributed by atoms with Gasteiger partial charge in [0.1, 0.15) is 5.84 Å². The SMILES string of the molecule is Cl.N=C(CCN=C(N)S)NS(N)(=O)=O.O=S(=O)(O)C(F)(F)F. The lowest BCUT2D eigenvalue weighted by Crippen LogP contribution is -2.35. The second-order valence-corrected chi connectivity index (χ2v) is 6.20. The molecule has 0 aliphatic rings. The highest BCUT2D eigenvalue weighted by Gasteiger charge is 2.44. The summed E-state index contributed by atoms with van der Waals surface area (Å²) in [7, 11) is -9.69. The van der Waals surface area contributed by atoms with E-state index >= 15 is 0 Å². The first kappa shape index (κ1) is 26.1. The Hall–Kier alpha value is -0.810. The average molecular weight is 412 g/mol. The number of amidine groups is 2. The minimum absolute atomic E-state index is 0. The maximum Gasteiger partial charge on any atom is 0.522 e. The molecule has 0 aliphatic carbocycles. The van der Waals surface area contributed by atoms with Crippen molar-refractivity contribution in [3.8, 4) is 0 Å². The number of halogens is 4. The Morgan fingerprint density at radius 3 is 1.91 bits per heavy atom. The van der Waals surface area contributed by atoms with Crippen LogP contribution in [-0.2, 0) is 20.3 Å². The number of alkyl halides is 3. The van der Waals surface area contributed by atoms with E-state index in [2.05, 4.69) is 22.8 Å². The van der Waals surface area contributed by atoms with E-state index in [9.17, 15) is 21.6 Å². The van der Waals surface area contributed by atoms with Crippen LogP contribution in [0.3, 0.4) is 0 Å². The van der Waals surface area contributed by atoms with Gasteiger partial charge in [0.2, 0.25) is 0 Å². The molecule has 10 nitrogen and oxygen atoms in total. The number of hydrogen-bond acceptors (Lipinski definition) is 6. The summed E-state index contributed by atoms with van der Waals surface area (Å²) in [4.78, 5) is 3.64. The Morgan fingerprint density at radius 1 is 1.32 bits per heavy atom. The van der Waals surface area contributed by atoms with Gasteiger partial charge in [-0.1, -0.05) is 0 Å². The largest absolute Gasteiger partial charge is 0.522 e. The number of thiol groups is 1.